The van der Waals surface area contributed by atoms with E-state index in [1.165, 1.54) is 4.31 Å². The zero-order valence-electron chi connectivity index (χ0n) is 15.1. The molecule has 1 saturated heterocycles. The highest BCUT2D eigenvalue weighted by molar-refractivity contribution is 7.89. The van der Waals surface area contributed by atoms with Crippen LogP contribution >= 0.6 is 0 Å². The van der Waals surface area contributed by atoms with Crippen LogP contribution in [0, 0.1) is 12.8 Å². The molecule has 0 spiro atoms. The highest BCUT2D eigenvalue weighted by Crippen LogP contribution is 2.32. The number of aromatic nitrogens is 4. The van der Waals surface area contributed by atoms with Crippen LogP contribution in [0.3, 0.4) is 0 Å². The maximum atomic E-state index is 12.3. The van der Waals surface area contributed by atoms with Crippen LogP contribution in [-0.4, -0.2) is 65.3 Å². The number of nitrogens with zero attached hydrogens (tertiary/aromatic N) is 4. The lowest BCUT2D eigenvalue weighted by molar-refractivity contribution is 0.182. The number of aryl methyl sites for hydroxylation is 2. The van der Waals surface area contributed by atoms with E-state index >= 15 is 0 Å². The molecule has 138 valence electrons. The fraction of sp³-hybridized carbons (Fsp3) is 0.625. The van der Waals surface area contributed by atoms with Gasteiger partial charge in [0.2, 0.25) is 10.0 Å². The minimum Gasteiger partial charge on any atom is -0.379 e. The summed E-state index contributed by atoms with van der Waals surface area (Å²) in [4.78, 5) is 12.4. The molecule has 0 bridgehead atoms. The molecule has 2 aromatic rings. The largest absolute Gasteiger partial charge is 0.379 e. The normalized spacial score (nSPS) is 21.3. The summed E-state index contributed by atoms with van der Waals surface area (Å²) in [5, 5.41) is 0. The minimum atomic E-state index is -3.29. The first-order chi connectivity index (χ1) is 11.8. The summed E-state index contributed by atoms with van der Waals surface area (Å²) in [7, 11) is -0.178. The topological polar surface area (TPSA) is 93.1 Å². The van der Waals surface area contributed by atoms with Crippen LogP contribution in [0.25, 0.3) is 11.5 Å². The van der Waals surface area contributed by atoms with Crippen molar-refractivity contribution >= 4 is 10.0 Å². The second-order valence-electron chi connectivity index (χ2n) is 6.59. The summed E-state index contributed by atoms with van der Waals surface area (Å²) in [5.74, 6) is 1.60. The maximum absolute atomic E-state index is 12.3. The summed E-state index contributed by atoms with van der Waals surface area (Å²) >= 11 is 0. The van der Waals surface area contributed by atoms with E-state index in [1.54, 1.807) is 20.3 Å². The van der Waals surface area contributed by atoms with E-state index in [0.29, 0.717) is 13.2 Å². The van der Waals surface area contributed by atoms with E-state index in [2.05, 4.69) is 15.0 Å². The molecule has 0 unspecified atom stereocenters. The third kappa shape index (κ3) is 3.49. The molecule has 0 aliphatic carbocycles. The molecule has 3 heterocycles. The van der Waals surface area contributed by atoms with Gasteiger partial charge < -0.3 is 14.3 Å². The monoisotopic (exact) mass is 367 g/mol. The van der Waals surface area contributed by atoms with E-state index in [4.69, 9.17) is 4.74 Å². The van der Waals surface area contributed by atoms with Crippen LogP contribution in [0.15, 0.2) is 12.4 Å². The molecule has 0 radical (unpaired) electrons. The van der Waals surface area contributed by atoms with E-state index in [1.807, 2.05) is 24.6 Å². The van der Waals surface area contributed by atoms with Crippen LogP contribution < -0.4 is 0 Å². The Morgan fingerprint density at radius 2 is 2.16 bits per heavy atom. The van der Waals surface area contributed by atoms with Gasteiger partial charge >= 0.3 is 0 Å². The highest BCUT2D eigenvalue weighted by atomic mass is 32.2. The Morgan fingerprint density at radius 3 is 2.80 bits per heavy atom. The standard InChI is InChI=1S/C16H25N5O3S/c1-5-14-18-11(2)15(19-14)16-17-6-7-21(16)13-9-24-8-12(13)10-25(22,23)20(3)4/h6-7,12-13H,5,8-10H2,1-4H3,(H,18,19)/t12-,13-/m1/s1. The molecule has 3 rings (SSSR count). The Kier molecular flexibility index (Phi) is 4.99. The third-order valence-electron chi connectivity index (χ3n) is 4.65. The lowest BCUT2D eigenvalue weighted by Gasteiger charge is -2.22. The summed E-state index contributed by atoms with van der Waals surface area (Å²) in [6.45, 7) is 4.91. The van der Waals surface area contributed by atoms with Crippen molar-refractivity contribution in [3.05, 3.63) is 23.9 Å². The van der Waals surface area contributed by atoms with Crippen LogP contribution in [0.5, 0.6) is 0 Å². The fourth-order valence-electron chi connectivity index (χ4n) is 3.15. The van der Waals surface area contributed by atoms with Gasteiger partial charge in [-0.1, -0.05) is 6.92 Å². The van der Waals surface area contributed by atoms with Crippen molar-refractivity contribution in [2.45, 2.75) is 26.3 Å². The van der Waals surface area contributed by atoms with Crippen LogP contribution in [0.4, 0.5) is 0 Å². The van der Waals surface area contributed by atoms with Crippen LogP contribution in [0.2, 0.25) is 0 Å². The van der Waals surface area contributed by atoms with Crippen molar-refractivity contribution in [2.24, 2.45) is 5.92 Å². The van der Waals surface area contributed by atoms with Gasteiger partial charge in [0.05, 0.1) is 25.0 Å². The number of H-pyrrole nitrogens is 1. The lowest BCUT2D eigenvalue weighted by atomic mass is 10.1. The molecule has 1 N–H and O–H groups in total. The van der Waals surface area contributed by atoms with Gasteiger partial charge in [0, 0.05) is 44.5 Å². The molecule has 1 fully saturated rings. The first kappa shape index (κ1) is 18.1. The SMILES string of the molecule is CCc1nc(-c2nccn2[C@@H]2COC[C@@H]2CS(=O)(=O)N(C)C)c(C)[nH]1. The number of ether oxygens (including phenoxy) is 1. The van der Waals surface area contributed by atoms with Crippen molar-refractivity contribution in [1.29, 1.82) is 0 Å². The van der Waals surface area contributed by atoms with Crippen LogP contribution in [-0.2, 0) is 21.2 Å². The van der Waals surface area contributed by atoms with E-state index in [-0.39, 0.29) is 17.7 Å². The smallest absolute Gasteiger partial charge is 0.214 e. The van der Waals surface area contributed by atoms with Gasteiger partial charge in [-0.25, -0.2) is 22.7 Å². The quantitative estimate of drug-likeness (QED) is 0.829. The summed E-state index contributed by atoms with van der Waals surface area (Å²) < 4.78 is 33.4. The van der Waals surface area contributed by atoms with Crippen molar-refractivity contribution in [1.82, 2.24) is 23.8 Å². The Morgan fingerprint density at radius 1 is 1.40 bits per heavy atom. The van der Waals surface area contributed by atoms with Crippen molar-refractivity contribution in [3.63, 3.8) is 0 Å². The van der Waals surface area contributed by atoms with Gasteiger partial charge in [-0.05, 0) is 6.92 Å². The van der Waals surface area contributed by atoms with Crippen LogP contribution in [0.1, 0.15) is 24.5 Å². The molecule has 2 atom stereocenters. The molecule has 9 heteroatoms. The average molecular weight is 367 g/mol. The Bertz CT molecular complexity index is 840. The highest BCUT2D eigenvalue weighted by Gasteiger charge is 2.35. The molecular formula is C16H25N5O3S. The second-order valence-corrected chi connectivity index (χ2v) is 8.82. The van der Waals surface area contributed by atoms with Gasteiger partial charge in [-0.3, -0.25) is 0 Å². The fourth-order valence-corrected chi connectivity index (χ4v) is 4.30. The second kappa shape index (κ2) is 6.89. The van der Waals surface area contributed by atoms with Crippen molar-refractivity contribution in [3.8, 4) is 11.5 Å². The number of nitrogens with one attached hydrogen (secondary N) is 1. The van der Waals surface area contributed by atoms with Gasteiger partial charge in [-0.15, -0.1) is 0 Å². The van der Waals surface area contributed by atoms with Crippen molar-refractivity contribution in [2.75, 3.05) is 33.1 Å². The summed E-state index contributed by atoms with van der Waals surface area (Å²) in [6.07, 6.45) is 4.42. The zero-order chi connectivity index (χ0) is 18.2. The van der Waals surface area contributed by atoms with Gasteiger partial charge in [0.15, 0.2) is 5.82 Å². The number of hydrogen-bond donors (Lipinski definition) is 1. The third-order valence-corrected chi connectivity index (χ3v) is 6.61. The number of imidazole rings is 2. The molecule has 0 amide bonds. The Labute approximate surface area is 148 Å². The van der Waals surface area contributed by atoms with E-state index in [9.17, 15) is 8.42 Å². The molecule has 1 aliphatic heterocycles. The first-order valence-electron chi connectivity index (χ1n) is 8.40. The molecule has 0 aromatic carbocycles. The van der Waals surface area contributed by atoms with Gasteiger partial charge in [0.25, 0.3) is 0 Å². The molecular weight excluding hydrogens is 342 g/mol. The molecule has 8 nitrogen and oxygen atoms in total. The predicted molar refractivity (Wildman–Crippen MR) is 94.7 cm³/mol. The molecule has 25 heavy (non-hydrogen) atoms. The number of sulfonamides is 1. The number of hydrogen-bond acceptors (Lipinski definition) is 5. The van der Waals surface area contributed by atoms with E-state index < -0.39 is 10.0 Å². The summed E-state index contributed by atoms with van der Waals surface area (Å²) in [6, 6.07) is -0.0756. The molecule has 1 aliphatic rings. The predicted octanol–water partition coefficient (Wildman–Crippen LogP) is 1.22. The number of aromatic amines is 1. The van der Waals surface area contributed by atoms with Crippen molar-refractivity contribution < 1.29 is 13.2 Å². The molecule has 2 aromatic heterocycles. The Hall–Kier alpha value is -1.71. The number of rotatable bonds is 6. The maximum Gasteiger partial charge on any atom is 0.214 e. The van der Waals surface area contributed by atoms with E-state index in [0.717, 1.165) is 29.5 Å². The minimum absolute atomic E-state index is 0.0576. The average Bonchev–Trinajstić information content (AvgIpc) is 3.25. The summed E-state index contributed by atoms with van der Waals surface area (Å²) in [5.41, 5.74) is 1.77. The van der Waals surface area contributed by atoms with Gasteiger partial charge in [-0.2, -0.15) is 0 Å². The zero-order valence-corrected chi connectivity index (χ0v) is 15.9. The molecule has 0 saturated carbocycles. The van der Waals surface area contributed by atoms with Gasteiger partial charge in [0.1, 0.15) is 11.5 Å². The first-order valence-corrected chi connectivity index (χ1v) is 10.0. The lowest BCUT2D eigenvalue weighted by Crippen LogP contribution is -2.32. The Balaban J connectivity index is 1.92.